The van der Waals surface area contributed by atoms with Crippen molar-refractivity contribution >= 4 is 5.82 Å². The summed E-state index contributed by atoms with van der Waals surface area (Å²) < 4.78 is 64.4. The fourth-order valence-electron chi connectivity index (χ4n) is 1.17. The van der Waals surface area contributed by atoms with Crippen molar-refractivity contribution in [3.63, 3.8) is 0 Å². The Morgan fingerprint density at radius 3 is 2.41 bits per heavy atom. The van der Waals surface area contributed by atoms with Gasteiger partial charge in [0.2, 0.25) is 0 Å². The first-order valence-corrected chi connectivity index (χ1v) is 4.18. The first-order valence-electron chi connectivity index (χ1n) is 4.18. The maximum Gasteiger partial charge on any atom is 0.573 e. The number of hydrogen-bond acceptors (Lipinski definition) is 4. The normalized spacial score (nSPS) is 11.9. The van der Waals surface area contributed by atoms with Crippen LogP contribution in [-0.4, -0.2) is 16.5 Å². The lowest BCUT2D eigenvalue weighted by Crippen LogP contribution is -2.19. The number of nitrogens with two attached hydrogens (primary N) is 1. The van der Waals surface area contributed by atoms with Crippen molar-refractivity contribution in [2.24, 2.45) is 0 Å². The third kappa shape index (κ3) is 3.16. The number of hydrogen-bond donors (Lipinski definition) is 2. The average molecular weight is 258 g/mol. The van der Waals surface area contributed by atoms with Crippen LogP contribution in [0.5, 0.6) is 5.75 Å². The highest BCUT2D eigenvalue weighted by Gasteiger charge is 2.34. The Balaban J connectivity index is 3.30. The zero-order valence-corrected chi connectivity index (χ0v) is 8.13. The number of pyridine rings is 1. The molecule has 1 rings (SSSR count). The number of nitrogens with zero attached hydrogens (tertiary/aromatic N) is 1. The third-order valence-corrected chi connectivity index (χ3v) is 1.82. The van der Waals surface area contributed by atoms with Crippen molar-refractivity contribution in [2.45, 2.75) is 19.4 Å². The average Bonchev–Trinajstić information content (AvgIpc) is 2.17. The van der Waals surface area contributed by atoms with Crippen molar-refractivity contribution in [2.75, 3.05) is 5.73 Å². The standard InChI is InChI=1S/C8H7F5N2O2/c9-6(10)5-3(2-16)7(14)15-1-4(5)17-8(11,12)13/h1,6,16H,2H2,(H2,14,15). The number of ether oxygens (including phenoxy) is 1. The molecule has 0 amide bonds. The van der Waals surface area contributed by atoms with Crippen molar-refractivity contribution < 1.29 is 31.8 Å². The minimum Gasteiger partial charge on any atom is -0.404 e. The molecule has 17 heavy (non-hydrogen) atoms. The van der Waals surface area contributed by atoms with Crippen LogP contribution in [0.2, 0.25) is 0 Å². The second-order valence-corrected chi connectivity index (χ2v) is 2.91. The Hall–Kier alpha value is -1.64. The molecule has 0 fully saturated rings. The molecule has 4 nitrogen and oxygen atoms in total. The van der Waals surface area contributed by atoms with Gasteiger partial charge in [-0.1, -0.05) is 0 Å². The first-order chi connectivity index (χ1) is 7.76. The first kappa shape index (κ1) is 13.4. The van der Waals surface area contributed by atoms with E-state index >= 15 is 0 Å². The van der Waals surface area contributed by atoms with Gasteiger partial charge in [-0.2, -0.15) is 0 Å². The summed E-state index contributed by atoms with van der Waals surface area (Å²) in [5.41, 5.74) is 3.47. The van der Waals surface area contributed by atoms with Crippen molar-refractivity contribution in [3.8, 4) is 5.75 Å². The highest BCUT2D eigenvalue weighted by Crippen LogP contribution is 2.36. The molecule has 0 bridgehead atoms. The van der Waals surface area contributed by atoms with Gasteiger partial charge in [-0.3, -0.25) is 0 Å². The second kappa shape index (κ2) is 4.70. The summed E-state index contributed by atoms with van der Waals surface area (Å²) >= 11 is 0. The minimum absolute atomic E-state index is 0.434. The van der Waals surface area contributed by atoms with Gasteiger partial charge in [-0.15, -0.1) is 13.2 Å². The zero-order valence-electron chi connectivity index (χ0n) is 8.13. The summed E-state index contributed by atoms with van der Waals surface area (Å²) in [5, 5.41) is 8.78. The highest BCUT2D eigenvalue weighted by molar-refractivity contribution is 5.51. The van der Waals surface area contributed by atoms with Crippen LogP contribution < -0.4 is 10.5 Å². The van der Waals surface area contributed by atoms with Crippen LogP contribution in [0.1, 0.15) is 17.6 Å². The van der Waals surface area contributed by atoms with E-state index in [9.17, 15) is 22.0 Å². The Labute approximate surface area is 91.8 Å². The molecule has 1 aromatic heterocycles. The van der Waals surface area contributed by atoms with Gasteiger partial charge in [0, 0.05) is 5.56 Å². The molecule has 96 valence electrons. The molecule has 0 aliphatic rings. The quantitative estimate of drug-likeness (QED) is 0.813. The minimum atomic E-state index is -5.13. The van der Waals surface area contributed by atoms with E-state index in [1.165, 1.54) is 0 Å². The van der Waals surface area contributed by atoms with E-state index in [1.54, 1.807) is 0 Å². The maximum absolute atomic E-state index is 12.6. The van der Waals surface area contributed by atoms with Gasteiger partial charge in [0.1, 0.15) is 5.82 Å². The van der Waals surface area contributed by atoms with E-state index in [-0.39, 0.29) is 0 Å². The fourth-order valence-corrected chi connectivity index (χ4v) is 1.17. The molecule has 0 saturated heterocycles. The van der Waals surface area contributed by atoms with Gasteiger partial charge in [0.05, 0.1) is 18.4 Å². The van der Waals surface area contributed by atoms with Gasteiger partial charge < -0.3 is 15.6 Å². The van der Waals surface area contributed by atoms with Gasteiger partial charge in [-0.05, 0) is 0 Å². The predicted octanol–water partition coefficient (Wildman–Crippen LogP) is 1.99. The Morgan fingerprint density at radius 1 is 1.41 bits per heavy atom. The molecule has 0 aromatic carbocycles. The van der Waals surface area contributed by atoms with Crippen LogP contribution in [0.15, 0.2) is 6.20 Å². The van der Waals surface area contributed by atoms with Crippen molar-refractivity contribution in [3.05, 3.63) is 17.3 Å². The van der Waals surface area contributed by atoms with Crippen molar-refractivity contribution in [1.82, 2.24) is 4.98 Å². The van der Waals surface area contributed by atoms with E-state index in [0.717, 1.165) is 0 Å². The SMILES string of the molecule is Nc1ncc(OC(F)(F)F)c(C(F)F)c1CO. The topological polar surface area (TPSA) is 68.4 Å². The maximum atomic E-state index is 12.6. The lowest BCUT2D eigenvalue weighted by molar-refractivity contribution is -0.275. The summed E-state index contributed by atoms with van der Waals surface area (Å²) in [7, 11) is 0. The monoisotopic (exact) mass is 258 g/mol. The number of halogens is 5. The largest absolute Gasteiger partial charge is 0.573 e. The summed E-state index contributed by atoms with van der Waals surface area (Å²) in [6.07, 6.45) is -7.97. The molecule has 0 spiro atoms. The van der Waals surface area contributed by atoms with Crippen LogP contribution in [0.4, 0.5) is 27.8 Å². The van der Waals surface area contributed by atoms with Crippen LogP contribution in [0.25, 0.3) is 0 Å². The third-order valence-electron chi connectivity index (χ3n) is 1.82. The molecular formula is C8H7F5N2O2. The molecule has 0 unspecified atom stereocenters. The molecular weight excluding hydrogens is 251 g/mol. The molecule has 1 aromatic rings. The summed E-state index contributed by atoms with van der Waals surface area (Å²) in [4.78, 5) is 3.24. The summed E-state index contributed by atoms with van der Waals surface area (Å²) in [6.45, 7) is -0.965. The zero-order chi connectivity index (χ0) is 13.2. The van der Waals surface area contributed by atoms with Gasteiger partial charge >= 0.3 is 6.36 Å². The van der Waals surface area contributed by atoms with E-state index < -0.39 is 42.1 Å². The Kier molecular flexibility index (Phi) is 3.71. The second-order valence-electron chi connectivity index (χ2n) is 2.91. The number of aromatic nitrogens is 1. The van der Waals surface area contributed by atoms with E-state index in [2.05, 4.69) is 9.72 Å². The summed E-state index contributed by atoms with van der Waals surface area (Å²) in [6, 6.07) is 0. The molecule has 0 saturated carbocycles. The molecule has 3 N–H and O–H groups in total. The summed E-state index contributed by atoms with van der Waals surface area (Å²) in [5.74, 6) is -1.65. The van der Waals surface area contributed by atoms with Gasteiger partial charge in [0.25, 0.3) is 6.43 Å². The van der Waals surface area contributed by atoms with Crippen LogP contribution in [0, 0.1) is 0 Å². The van der Waals surface area contributed by atoms with Gasteiger partial charge in [-0.25, -0.2) is 13.8 Å². The molecule has 0 aliphatic carbocycles. The number of alkyl halides is 5. The highest BCUT2D eigenvalue weighted by atomic mass is 19.4. The van der Waals surface area contributed by atoms with Crippen LogP contribution in [0.3, 0.4) is 0 Å². The smallest absolute Gasteiger partial charge is 0.404 e. The number of aliphatic hydroxyl groups is 1. The van der Waals surface area contributed by atoms with E-state index in [4.69, 9.17) is 10.8 Å². The number of aliphatic hydroxyl groups excluding tert-OH is 1. The molecule has 0 atom stereocenters. The number of nitrogen functional groups attached to an aromatic ring is 1. The molecule has 9 heteroatoms. The molecule has 1 heterocycles. The van der Waals surface area contributed by atoms with Gasteiger partial charge in [0.15, 0.2) is 5.75 Å². The Bertz CT molecular complexity index is 408. The fraction of sp³-hybridized carbons (Fsp3) is 0.375. The van der Waals surface area contributed by atoms with E-state index in [1.807, 2.05) is 0 Å². The molecule has 0 radical (unpaired) electrons. The lowest BCUT2D eigenvalue weighted by Gasteiger charge is -2.15. The van der Waals surface area contributed by atoms with Crippen molar-refractivity contribution in [1.29, 1.82) is 0 Å². The number of anilines is 1. The molecule has 0 aliphatic heterocycles. The lowest BCUT2D eigenvalue weighted by atomic mass is 10.1. The Morgan fingerprint density at radius 2 is 2.00 bits per heavy atom. The van der Waals surface area contributed by atoms with Crippen LogP contribution >= 0.6 is 0 Å². The predicted molar refractivity (Wildman–Crippen MR) is 46.2 cm³/mol. The number of rotatable bonds is 3. The van der Waals surface area contributed by atoms with E-state index in [0.29, 0.717) is 6.20 Å². The van der Waals surface area contributed by atoms with Crippen LogP contribution in [-0.2, 0) is 6.61 Å².